The van der Waals surface area contributed by atoms with Crippen LogP contribution in [0, 0.1) is 6.92 Å². The van der Waals surface area contributed by atoms with E-state index < -0.39 is 11.5 Å². The molecule has 0 aliphatic carbocycles. The number of amides is 2. The Morgan fingerprint density at radius 1 is 0.917 bits per heavy atom. The first kappa shape index (κ1) is 24.5. The number of carbonyl (C=O) groups is 3. The fourth-order valence-corrected chi connectivity index (χ4v) is 3.86. The van der Waals surface area contributed by atoms with E-state index in [9.17, 15) is 19.2 Å². The van der Waals surface area contributed by atoms with Crippen molar-refractivity contribution in [3.63, 3.8) is 0 Å². The van der Waals surface area contributed by atoms with Crippen molar-refractivity contribution in [1.82, 2.24) is 9.55 Å². The molecule has 0 fully saturated rings. The first-order valence-electron chi connectivity index (χ1n) is 11.5. The van der Waals surface area contributed by atoms with Gasteiger partial charge in [-0.2, -0.15) is 0 Å². The van der Waals surface area contributed by atoms with Gasteiger partial charge < -0.3 is 5.32 Å². The first-order valence-corrected chi connectivity index (χ1v) is 11.5. The molecule has 182 valence electrons. The molecule has 0 unspecified atom stereocenters. The van der Waals surface area contributed by atoms with Crippen LogP contribution in [0.1, 0.15) is 35.3 Å². The summed E-state index contributed by atoms with van der Waals surface area (Å²) in [6.07, 6.45) is 0. The number of ketones is 1. The largest absolute Gasteiger partial charge is 0.325 e. The second kappa shape index (κ2) is 10.4. The molecule has 1 aromatic heterocycles. The van der Waals surface area contributed by atoms with Crippen molar-refractivity contribution >= 4 is 40.1 Å². The lowest BCUT2D eigenvalue weighted by Crippen LogP contribution is -2.38. The number of para-hydroxylation sites is 2. The summed E-state index contributed by atoms with van der Waals surface area (Å²) in [6.45, 7) is 4.71. The smallest absolute Gasteiger partial charge is 0.294 e. The fourth-order valence-electron chi connectivity index (χ4n) is 3.86. The third-order valence-corrected chi connectivity index (χ3v) is 5.81. The lowest BCUT2D eigenvalue weighted by Gasteiger charge is -2.21. The zero-order chi connectivity index (χ0) is 25.8. The Labute approximate surface area is 208 Å². The molecule has 4 aromatic rings. The maximum absolute atomic E-state index is 13.6. The van der Waals surface area contributed by atoms with Gasteiger partial charge in [-0.05, 0) is 55.8 Å². The molecule has 0 aliphatic heterocycles. The number of anilines is 2. The summed E-state index contributed by atoms with van der Waals surface area (Å²) in [5.41, 5.74) is 3.39. The number of hydrogen-bond donors (Lipinski definition) is 1. The molecule has 8 nitrogen and oxygen atoms in total. The Morgan fingerprint density at radius 3 is 2.22 bits per heavy atom. The van der Waals surface area contributed by atoms with Crippen LogP contribution < -0.4 is 15.8 Å². The highest BCUT2D eigenvalue weighted by Gasteiger charge is 2.22. The van der Waals surface area contributed by atoms with Crippen LogP contribution in [0.15, 0.2) is 77.6 Å². The number of benzene rings is 3. The number of aryl methyl sites for hydroxylation is 1. The molecule has 0 saturated heterocycles. The second-order valence-electron chi connectivity index (χ2n) is 8.59. The molecule has 3 aromatic carbocycles. The van der Waals surface area contributed by atoms with Gasteiger partial charge in [-0.1, -0.05) is 42.0 Å². The minimum atomic E-state index is -0.543. The Kier molecular flexibility index (Phi) is 7.05. The first-order chi connectivity index (χ1) is 17.2. The molecule has 1 N–H and O–H groups in total. The highest BCUT2D eigenvalue weighted by atomic mass is 16.2. The minimum absolute atomic E-state index is 0.0413. The number of rotatable bonds is 7. The van der Waals surface area contributed by atoms with Crippen molar-refractivity contribution in [3.8, 4) is 0 Å². The summed E-state index contributed by atoms with van der Waals surface area (Å²) in [4.78, 5) is 56.4. The third kappa shape index (κ3) is 5.38. The van der Waals surface area contributed by atoms with Crippen LogP contribution in [-0.2, 0) is 22.7 Å². The molecule has 4 rings (SSSR count). The molecule has 36 heavy (non-hydrogen) atoms. The number of carbonyl (C=O) groups excluding carboxylic acids is 3. The van der Waals surface area contributed by atoms with Gasteiger partial charge in [0.2, 0.25) is 17.6 Å². The van der Waals surface area contributed by atoms with E-state index in [-0.39, 0.29) is 30.6 Å². The molecule has 0 saturated carbocycles. The molecular formula is C28H26N4O4. The Morgan fingerprint density at radius 2 is 1.58 bits per heavy atom. The van der Waals surface area contributed by atoms with Gasteiger partial charge >= 0.3 is 0 Å². The number of aromatic nitrogens is 2. The summed E-state index contributed by atoms with van der Waals surface area (Å²) < 4.78 is 1.32. The Bertz CT molecular complexity index is 1510. The third-order valence-electron chi connectivity index (χ3n) is 5.81. The SMILES string of the molecule is CC(=O)c1ccc(NC(=O)Cn2c(=O)c(N(Cc3ccc(C)cc3)C(C)=O)nc3ccccc32)cc1. The number of Topliss-reactive ketones (excluding diaryl/α,β-unsaturated/α-hetero) is 1. The standard InChI is InChI=1S/C28H26N4O4/c1-18-8-10-21(11-9-18)16-31(20(3)34)27-28(36)32(25-7-5-4-6-24(25)30-27)17-26(35)29-23-14-12-22(13-15-23)19(2)33/h4-15H,16-17H2,1-3H3,(H,29,35). The topological polar surface area (TPSA) is 101 Å². The average molecular weight is 483 g/mol. The molecule has 0 bridgehead atoms. The van der Waals surface area contributed by atoms with Crippen LogP contribution >= 0.6 is 0 Å². The van der Waals surface area contributed by atoms with Gasteiger partial charge in [0.1, 0.15) is 6.54 Å². The van der Waals surface area contributed by atoms with Crippen LogP contribution in [0.3, 0.4) is 0 Å². The maximum atomic E-state index is 13.6. The zero-order valence-electron chi connectivity index (χ0n) is 20.3. The van der Waals surface area contributed by atoms with E-state index in [1.807, 2.05) is 31.2 Å². The number of fused-ring (bicyclic) bond motifs is 1. The Balaban J connectivity index is 1.69. The van der Waals surface area contributed by atoms with Gasteiger partial charge in [0.25, 0.3) is 5.56 Å². The normalized spacial score (nSPS) is 10.8. The average Bonchev–Trinajstić information content (AvgIpc) is 2.85. The zero-order valence-corrected chi connectivity index (χ0v) is 20.3. The fraction of sp³-hybridized carbons (Fsp3) is 0.179. The van der Waals surface area contributed by atoms with Gasteiger partial charge in [0.15, 0.2) is 5.78 Å². The highest BCUT2D eigenvalue weighted by Crippen LogP contribution is 2.18. The van der Waals surface area contributed by atoms with Gasteiger partial charge in [0, 0.05) is 18.2 Å². The van der Waals surface area contributed by atoms with Crippen LogP contribution in [0.25, 0.3) is 11.0 Å². The van der Waals surface area contributed by atoms with Crippen LogP contribution in [0.2, 0.25) is 0 Å². The molecule has 8 heteroatoms. The van der Waals surface area contributed by atoms with E-state index in [1.54, 1.807) is 48.5 Å². The van der Waals surface area contributed by atoms with Gasteiger partial charge in [-0.3, -0.25) is 28.6 Å². The number of hydrogen-bond acceptors (Lipinski definition) is 5. The van der Waals surface area contributed by atoms with E-state index in [4.69, 9.17) is 0 Å². The monoisotopic (exact) mass is 482 g/mol. The van der Waals surface area contributed by atoms with Crippen molar-refractivity contribution in [3.05, 3.63) is 99.8 Å². The van der Waals surface area contributed by atoms with E-state index in [2.05, 4.69) is 10.3 Å². The molecule has 2 amide bonds. The summed E-state index contributed by atoms with van der Waals surface area (Å²) in [5, 5.41) is 2.75. The Hall–Kier alpha value is -4.59. The highest BCUT2D eigenvalue weighted by molar-refractivity contribution is 5.96. The van der Waals surface area contributed by atoms with Crippen molar-refractivity contribution in [2.45, 2.75) is 33.9 Å². The van der Waals surface area contributed by atoms with Crippen LogP contribution in [0.4, 0.5) is 11.5 Å². The predicted molar refractivity (Wildman–Crippen MR) is 139 cm³/mol. The summed E-state index contributed by atoms with van der Waals surface area (Å²) in [5.74, 6) is -0.879. The maximum Gasteiger partial charge on any atom is 0.294 e. The van der Waals surface area contributed by atoms with Crippen LogP contribution in [0.5, 0.6) is 0 Å². The van der Waals surface area contributed by atoms with Crippen molar-refractivity contribution in [2.75, 3.05) is 10.2 Å². The number of nitrogens with zero attached hydrogens (tertiary/aromatic N) is 3. The molecule has 0 aliphatic rings. The van der Waals surface area contributed by atoms with E-state index in [0.717, 1.165) is 11.1 Å². The van der Waals surface area contributed by atoms with Crippen LogP contribution in [-0.4, -0.2) is 27.1 Å². The van der Waals surface area contributed by atoms with Crippen molar-refractivity contribution in [1.29, 1.82) is 0 Å². The minimum Gasteiger partial charge on any atom is -0.325 e. The van der Waals surface area contributed by atoms with Gasteiger partial charge in [-0.25, -0.2) is 4.98 Å². The summed E-state index contributed by atoms with van der Waals surface area (Å²) in [7, 11) is 0. The van der Waals surface area contributed by atoms with E-state index in [1.165, 1.54) is 23.3 Å². The lowest BCUT2D eigenvalue weighted by atomic mass is 10.1. The number of nitrogens with one attached hydrogen (secondary N) is 1. The summed E-state index contributed by atoms with van der Waals surface area (Å²) in [6, 6.07) is 21.2. The second-order valence-corrected chi connectivity index (χ2v) is 8.59. The quantitative estimate of drug-likeness (QED) is 0.400. The predicted octanol–water partition coefficient (Wildman–Crippen LogP) is 4.10. The van der Waals surface area contributed by atoms with Crippen molar-refractivity contribution in [2.24, 2.45) is 0 Å². The summed E-state index contributed by atoms with van der Waals surface area (Å²) >= 11 is 0. The van der Waals surface area contributed by atoms with Gasteiger partial charge in [0.05, 0.1) is 17.6 Å². The molecule has 1 heterocycles. The van der Waals surface area contributed by atoms with Crippen molar-refractivity contribution < 1.29 is 14.4 Å². The molecular weight excluding hydrogens is 456 g/mol. The molecule has 0 spiro atoms. The van der Waals surface area contributed by atoms with E-state index in [0.29, 0.717) is 22.3 Å². The van der Waals surface area contributed by atoms with E-state index >= 15 is 0 Å². The lowest BCUT2D eigenvalue weighted by molar-refractivity contribution is -0.117. The van der Waals surface area contributed by atoms with Gasteiger partial charge in [-0.15, -0.1) is 0 Å². The molecule has 0 radical (unpaired) electrons. The molecule has 0 atom stereocenters.